The first-order chi connectivity index (χ1) is 12.2. The molecule has 134 valence electrons. The molecule has 0 radical (unpaired) electrons. The smallest absolute Gasteiger partial charge is 0.0234 e. The van der Waals surface area contributed by atoms with Gasteiger partial charge in [-0.25, -0.2) is 0 Å². The molecule has 0 spiro atoms. The van der Waals surface area contributed by atoms with Crippen LogP contribution < -0.4 is 5.32 Å². The molecule has 0 aromatic heterocycles. The molecule has 0 saturated carbocycles. The van der Waals surface area contributed by atoms with Gasteiger partial charge < -0.3 is 10.2 Å². The predicted octanol–water partition coefficient (Wildman–Crippen LogP) is 3.50. The van der Waals surface area contributed by atoms with E-state index in [0.717, 1.165) is 26.2 Å². The average molecular weight is 338 g/mol. The van der Waals surface area contributed by atoms with Gasteiger partial charge in [0, 0.05) is 32.2 Å². The van der Waals surface area contributed by atoms with Crippen LogP contribution in [0.4, 0.5) is 0 Å². The topological polar surface area (TPSA) is 18.5 Å². The maximum absolute atomic E-state index is 3.81. The van der Waals surface area contributed by atoms with Gasteiger partial charge in [0.15, 0.2) is 0 Å². The summed E-state index contributed by atoms with van der Waals surface area (Å²) in [6, 6.07) is 20.2. The van der Waals surface area contributed by atoms with E-state index >= 15 is 0 Å². The average Bonchev–Trinajstić information content (AvgIpc) is 2.62. The molecule has 1 N–H and O–H groups in total. The Balaban J connectivity index is 1.53. The first-order valence-corrected chi connectivity index (χ1v) is 9.42. The van der Waals surface area contributed by atoms with E-state index in [-0.39, 0.29) is 0 Å². The minimum absolute atomic E-state index is 0.588. The Morgan fingerprint density at radius 2 is 1.72 bits per heavy atom. The van der Waals surface area contributed by atoms with Crippen LogP contribution in [0, 0.1) is 0 Å². The van der Waals surface area contributed by atoms with Gasteiger partial charge >= 0.3 is 0 Å². The minimum Gasteiger partial charge on any atom is -0.309 e. The maximum Gasteiger partial charge on any atom is 0.0234 e. The number of hydrogen-bond acceptors (Lipinski definition) is 3. The van der Waals surface area contributed by atoms with Crippen molar-refractivity contribution in [2.45, 2.75) is 38.5 Å². The highest BCUT2D eigenvalue weighted by Crippen LogP contribution is 2.16. The molecule has 1 unspecified atom stereocenters. The van der Waals surface area contributed by atoms with E-state index in [1.165, 1.54) is 36.1 Å². The zero-order valence-corrected chi connectivity index (χ0v) is 15.6. The molecule has 3 nitrogen and oxygen atoms in total. The van der Waals surface area contributed by atoms with Gasteiger partial charge in [0.2, 0.25) is 0 Å². The number of nitrogens with one attached hydrogen (secondary N) is 1. The van der Waals surface area contributed by atoms with Crippen molar-refractivity contribution in [3.05, 3.63) is 71.3 Å². The highest BCUT2D eigenvalue weighted by atomic mass is 15.2. The summed E-state index contributed by atoms with van der Waals surface area (Å²) in [5, 5.41) is 3.81. The van der Waals surface area contributed by atoms with Crippen LogP contribution in [-0.4, -0.2) is 43.0 Å². The summed E-state index contributed by atoms with van der Waals surface area (Å²) in [4.78, 5) is 4.82. The summed E-state index contributed by atoms with van der Waals surface area (Å²) in [6.45, 7) is 5.39. The summed E-state index contributed by atoms with van der Waals surface area (Å²) in [5.41, 5.74) is 4.27. The van der Waals surface area contributed by atoms with Crippen LogP contribution in [-0.2, 0) is 19.6 Å². The van der Waals surface area contributed by atoms with Crippen LogP contribution in [0.3, 0.4) is 0 Å². The fraction of sp³-hybridized carbons (Fsp3) is 0.455. The van der Waals surface area contributed by atoms with E-state index < -0.39 is 0 Å². The zero-order valence-electron chi connectivity index (χ0n) is 15.6. The Bertz CT molecular complexity index is 639. The van der Waals surface area contributed by atoms with Gasteiger partial charge in [-0.05, 0) is 50.2 Å². The fourth-order valence-electron chi connectivity index (χ4n) is 3.69. The number of likely N-dealkylation sites (tertiary alicyclic amines) is 1. The summed E-state index contributed by atoms with van der Waals surface area (Å²) in [7, 11) is 4.26. The van der Waals surface area contributed by atoms with Crippen molar-refractivity contribution in [1.29, 1.82) is 0 Å². The van der Waals surface area contributed by atoms with E-state index in [4.69, 9.17) is 0 Å². The molecule has 3 heteroatoms. The molecule has 1 saturated heterocycles. The van der Waals surface area contributed by atoms with Crippen molar-refractivity contribution in [2.75, 3.05) is 27.2 Å². The van der Waals surface area contributed by atoms with Crippen molar-refractivity contribution in [1.82, 2.24) is 15.1 Å². The molecule has 0 bridgehead atoms. The van der Waals surface area contributed by atoms with Crippen LogP contribution in [0.2, 0.25) is 0 Å². The lowest BCUT2D eigenvalue weighted by molar-refractivity contribution is 0.182. The van der Waals surface area contributed by atoms with Crippen LogP contribution >= 0.6 is 0 Å². The number of piperidine rings is 1. The molecule has 25 heavy (non-hydrogen) atoms. The molecule has 1 fully saturated rings. The predicted molar refractivity (Wildman–Crippen MR) is 105 cm³/mol. The number of hydrogen-bond donors (Lipinski definition) is 1. The third-order valence-electron chi connectivity index (χ3n) is 4.94. The molecule has 1 atom stereocenters. The van der Waals surface area contributed by atoms with Gasteiger partial charge in [-0.1, -0.05) is 54.6 Å². The van der Waals surface area contributed by atoms with Crippen molar-refractivity contribution in [2.24, 2.45) is 0 Å². The van der Waals surface area contributed by atoms with E-state index in [2.05, 4.69) is 83.8 Å². The highest BCUT2D eigenvalue weighted by molar-refractivity contribution is 5.27. The van der Waals surface area contributed by atoms with Crippen LogP contribution in [0.5, 0.6) is 0 Å². The fourth-order valence-corrected chi connectivity index (χ4v) is 3.69. The second-order valence-corrected chi connectivity index (χ2v) is 7.45. The van der Waals surface area contributed by atoms with Gasteiger partial charge in [0.25, 0.3) is 0 Å². The first kappa shape index (κ1) is 18.1. The molecule has 3 rings (SSSR count). The molecular formula is C22H31N3. The Morgan fingerprint density at radius 3 is 2.48 bits per heavy atom. The highest BCUT2D eigenvalue weighted by Gasteiger charge is 2.19. The van der Waals surface area contributed by atoms with Gasteiger partial charge in [0.05, 0.1) is 0 Å². The zero-order chi connectivity index (χ0) is 17.5. The minimum atomic E-state index is 0.588. The monoisotopic (exact) mass is 337 g/mol. The molecule has 2 aromatic carbocycles. The first-order valence-electron chi connectivity index (χ1n) is 9.42. The van der Waals surface area contributed by atoms with Gasteiger partial charge in [-0.3, -0.25) is 4.90 Å². The van der Waals surface area contributed by atoms with Crippen LogP contribution in [0.1, 0.15) is 29.5 Å². The Kier molecular flexibility index (Phi) is 6.62. The molecule has 1 aliphatic rings. The normalized spacial score (nSPS) is 18.6. The summed E-state index contributed by atoms with van der Waals surface area (Å²) < 4.78 is 0. The molecular weight excluding hydrogens is 306 g/mol. The molecule has 1 heterocycles. The largest absolute Gasteiger partial charge is 0.309 e. The van der Waals surface area contributed by atoms with Crippen molar-refractivity contribution < 1.29 is 0 Å². The lowest BCUT2D eigenvalue weighted by Gasteiger charge is -2.33. The van der Waals surface area contributed by atoms with Crippen molar-refractivity contribution in [3.8, 4) is 0 Å². The lowest BCUT2D eigenvalue weighted by atomic mass is 10.0. The quantitative estimate of drug-likeness (QED) is 0.834. The summed E-state index contributed by atoms with van der Waals surface area (Å²) in [5.74, 6) is 0. The SMILES string of the molecule is CN(C)Cc1ccccc1CNC1CCCN(Cc2ccccc2)C1. The van der Waals surface area contributed by atoms with E-state index in [1.807, 2.05) is 0 Å². The Morgan fingerprint density at radius 1 is 1.00 bits per heavy atom. The molecule has 0 amide bonds. The van der Waals surface area contributed by atoms with Crippen LogP contribution in [0.25, 0.3) is 0 Å². The summed E-state index contributed by atoms with van der Waals surface area (Å²) in [6.07, 6.45) is 2.56. The van der Waals surface area contributed by atoms with E-state index in [9.17, 15) is 0 Å². The number of nitrogens with zero attached hydrogens (tertiary/aromatic N) is 2. The number of benzene rings is 2. The van der Waals surface area contributed by atoms with Gasteiger partial charge in [-0.2, -0.15) is 0 Å². The molecule has 1 aliphatic heterocycles. The van der Waals surface area contributed by atoms with Gasteiger partial charge in [-0.15, -0.1) is 0 Å². The standard InChI is InChI=1S/C22H31N3/c1-24(2)17-21-12-7-6-11-20(21)15-23-22-13-8-14-25(18-22)16-19-9-4-3-5-10-19/h3-7,9-12,22-23H,8,13-18H2,1-2H3. The number of rotatable bonds is 7. The van der Waals surface area contributed by atoms with Crippen molar-refractivity contribution >= 4 is 0 Å². The van der Waals surface area contributed by atoms with Gasteiger partial charge in [0.1, 0.15) is 0 Å². The third kappa shape index (κ3) is 5.67. The second kappa shape index (κ2) is 9.14. The van der Waals surface area contributed by atoms with E-state index in [1.54, 1.807) is 0 Å². The molecule has 0 aliphatic carbocycles. The lowest BCUT2D eigenvalue weighted by Crippen LogP contribution is -2.45. The Labute approximate surface area is 152 Å². The van der Waals surface area contributed by atoms with E-state index in [0.29, 0.717) is 6.04 Å². The summed E-state index contributed by atoms with van der Waals surface area (Å²) >= 11 is 0. The molecule has 2 aromatic rings. The Hall–Kier alpha value is -1.68. The van der Waals surface area contributed by atoms with Crippen molar-refractivity contribution in [3.63, 3.8) is 0 Å². The third-order valence-corrected chi connectivity index (χ3v) is 4.94. The van der Waals surface area contributed by atoms with Crippen LogP contribution in [0.15, 0.2) is 54.6 Å². The second-order valence-electron chi connectivity index (χ2n) is 7.45. The maximum atomic E-state index is 3.81.